The topological polar surface area (TPSA) is 41.1 Å². The summed E-state index contributed by atoms with van der Waals surface area (Å²) in [6.07, 6.45) is 0. The molecule has 0 saturated carbocycles. The average molecular weight is 271 g/mol. The van der Waals surface area contributed by atoms with Gasteiger partial charge in [-0.2, -0.15) is 0 Å². The Morgan fingerprint density at radius 2 is 1.94 bits per heavy atom. The fourth-order valence-corrected chi connectivity index (χ4v) is 1.65. The molecule has 0 aliphatic carbocycles. The van der Waals surface area contributed by atoms with Crippen LogP contribution in [0.25, 0.3) is 0 Å². The molecule has 0 aliphatic heterocycles. The van der Waals surface area contributed by atoms with Crippen LogP contribution in [0.5, 0.6) is 0 Å². The number of carbonyl (C=O) groups excluding carboxylic acids is 1. The standard InChI is InChI=1S/C14H22N2O.ClH/c1-5-15-12(4)9-16-14(17)13-7-6-10(2)11(3)8-13;/h6-8,12,15H,5,9H2,1-4H3,(H,16,17);1H/t12-;/m1./s1. The molecule has 1 atom stereocenters. The average Bonchev–Trinajstić information content (AvgIpc) is 2.30. The molecule has 0 spiro atoms. The smallest absolute Gasteiger partial charge is 0.251 e. The van der Waals surface area contributed by atoms with E-state index in [1.54, 1.807) is 0 Å². The van der Waals surface area contributed by atoms with Gasteiger partial charge in [-0.05, 0) is 50.6 Å². The second-order valence-corrected chi connectivity index (χ2v) is 4.47. The first-order chi connectivity index (χ1) is 8.04. The second-order valence-electron chi connectivity index (χ2n) is 4.47. The highest BCUT2D eigenvalue weighted by molar-refractivity contribution is 5.94. The van der Waals surface area contributed by atoms with Gasteiger partial charge in [0, 0.05) is 18.2 Å². The third-order valence-electron chi connectivity index (χ3n) is 2.89. The van der Waals surface area contributed by atoms with Crippen molar-refractivity contribution in [3.05, 3.63) is 34.9 Å². The molecule has 2 N–H and O–H groups in total. The molecule has 1 aromatic carbocycles. The third-order valence-corrected chi connectivity index (χ3v) is 2.89. The first-order valence-corrected chi connectivity index (χ1v) is 6.13. The van der Waals surface area contributed by atoms with Crippen LogP contribution < -0.4 is 10.6 Å². The fourth-order valence-electron chi connectivity index (χ4n) is 1.65. The van der Waals surface area contributed by atoms with Crippen molar-refractivity contribution in [2.24, 2.45) is 0 Å². The van der Waals surface area contributed by atoms with Gasteiger partial charge in [0.05, 0.1) is 0 Å². The molecular formula is C14H23ClN2O. The molecule has 0 heterocycles. The van der Waals surface area contributed by atoms with Crippen LogP contribution in [0.4, 0.5) is 0 Å². The highest BCUT2D eigenvalue weighted by atomic mass is 35.5. The van der Waals surface area contributed by atoms with E-state index < -0.39 is 0 Å². The molecule has 0 fully saturated rings. The van der Waals surface area contributed by atoms with Gasteiger partial charge in [0.25, 0.3) is 5.91 Å². The maximum absolute atomic E-state index is 11.9. The maximum atomic E-state index is 11.9. The molecule has 1 aromatic rings. The fraction of sp³-hybridized carbons (Fsp3) is 0.500. The van der Waals surface area contributed by atoms with Gasteiger partial charge in [-0.15, -0.1) is 12.4 Å². The van der Waals surface area contributed by atoms with Crippen LogP contribution in [-0.2, 0) is 0 Å². The third kappa shape index (κ3) is 5.07. The van der Waals surface area contributed by atoms with Crippen LogP contribution in [0, 0.1) is 13.8 Å². The Morgan fingerprint density at radius 1 is 1.28 bits per heavy atom. The van der Waals surface area contributed by atoms with E-state index in [1.807, 2.05) is 32.0 Å². The quantitative estimate of drug-likeness (QED) is 0.863. The summed E-state index contributed by atoms with van der Waals surface area (Å²) in [6.45, 7) is 9.75. The van der Waals surface area contributed by atoms with Crippen molar-refractivity contribution in [3.63, 3.8) is 0 Å². The van der Waals surface area contributed by atoms with Crippen molar-refractivity contribution in [3.8, 4) is 0 Å². The van der Waals surface area contributed by atoms with Crippen molar-refractivity contribution in [2.45, 2.75) is 33.7 Å². The van der Waals surface area contributed by atoms with Crippen molar-refractivity contribution in [1.82, 2.24) is 10.6 Å². The summed E-state index contributed by atoms with van der Waals surface area (Å²) in [4.78, 5) is 11.9. The Labute approximate surface area is 116 Å². The minimum absolute atomic E-state index is 0. The van der Waals surface area contributed by atoms with Crippen LogP contribution in [0.1, 0.15) is 35.3 Å². The van der Waals surface area contributed by atoms with Crippen LogP contribution >= 0.6 is 12.4 Å². The van der Waals surface area contributed by atoms with E-state index in [0.29, 0.717) is 12.6 Å². The minimum Gasteiger partial charge on any atom is -0.350 e. The van der Waals surface area contributed by atoms with Gasteiger partial charge < -0.3 is 10.6 Å². The van der Waals surface area contributed by atoms with Crippen molar-refractivity contribution in [2.75, 3.05) is 13.1 Å². The van der Waals surface area contributed by atoms with Crippen LogP contribution in [0.15, 0.2) is 18.2 Å². The normalized spacial score (nSPS) is 11.6. The molecule has 0 radical (unpaired) electrons. The SMILES string of the molecule is CCN[C@H](C)CNC(=O)c1ccc(C)c(C)c1.Cl. The lowest BCUT2D eigenvalue weighted by Crippen LogP contribution is -2.38. The van der Waals surface area contributed by atoms with Gasteiger partial charge >= 0.3 is 0 Å². The van der Waals surface area contributed by atoms with Crippen LogP contribution in [0.3, 0.4) is 0 Å². The zero-order valence-corrected chi connectivity index (χ0v) is 12.4. The number of hydrogen-bond donors (Lipinski definition) is 2. The van der Waals surface area contributed by atoms with Crippen molar-refractivity contribution in [1.29, 1.82) is 0 Å². The first-order valence-electron chi connectivity index (χ1n) is 6.13. The molecule has 3 nitrogen and oxygen atoms in total. The van der Waals surface area contributed by atoms with Gasteiger partial charge in [-0.25, -0.2) is 0 Å². The molecular weight excluding hydrogens is 248 g/mol. The monoisotopic (exact) mass is 270 g/mol. The van der Waals surface area contributed by atoms with Crippen LogP contribution in [0.2, 0.25) is 0 Å². The molecule has 18 heavy (non-hydrogen) atoms. The largest absolute Gasteiger partial charge is 0.350 e. The minimum atomic E-state index is -0.00199. The Bertz CT molecular complexity index is 393. The van der Waals surface area contributed by atoms with Crippen molar-refractivity contribution < 1.29 is 4.79 Å². The number of amides is 1. The van der Waals surface area contributed by atoms with Crippen LogP contribution in [-0.4, -0.2) is 25.0 Å². The number of rotatable bonds is 5. The van der Waals surface area contributed by atoms with Gasteiger partial charge in [0.2, 0.25) is 0 Å². The molecule has 0 unspecified atom stereocenters. The molecule has 4 heteroatoms. The van der Waals surface area contributed by atoms with E-state index in [2.05, 4.69) is 24.5 Å². The lowest BCUT2D eigenvalue weighted by atomic mass is 10.1. The van der Waals surface area contributed by atoms with E-state index in [1.165, 1.54) is 5.56 Å². The summed E-state index contributed by atoms with van der Waals surface area (Å²) < 4.78 is 0. The Kier molecular flexibility index (Phi) is 7.64. The van der Waals surface area contributed by atoms with E-state index in [9.17, 15) is 4.79 Å². The molecule has 102 valence electrons. The molecule has 0 bridgehead atoms. The molecule has 1 rings (SSSR count). The summed E-state index contributed by atoms with van der Waals surface area (Å²) in [5, 5.41) is 6.19. The predicted octanol–water partition coefficient (Wildman–Crippen LogP) is 2.45. The number of likely N-dealkylation sites (N-methyl/N-ethyl adjacent to an activating group) is 1. The second kappa shape index (κ2) is 8.11. The summed E-state index contributed by atoms with van der Waals surface area (Å²) in [5.74, 6) is -0.00199. The molecule has 0 aromatic heterocycles. The van der Waals surface area contributed by atoms with E-state index in [0.717, 1.165) is 17.7 Å². The zero-order valence-electron chi connectivity index (χ0n) is 11.5. The van der Waals surface area contributed by atoms with Gasteiger partial charge in [-0.1, -0.05) is 13.0 Å². The van der Waals surface area contributed by atoms with Gasteiger partial charge in [0.1, 0.15) is 0 Å². The lowest BCUT2D eigenvalue weighted by Gasteiger charge is -2.13. The van der Waals surface area contributed by atoms with E-state index >= 15 is 0 Å². The Hall–Kier alpha value is -1.06. The van der Waals surface area contributed by atoms with Crippen molar-refractivity contribution >= 4 is 18.3 Å². The summed E-state index contributed by atoms with van der Waals surface area (Å²) in [6, 6.07) is 6.09. The maximum Gasteiger partial charge on any atom is 0.251 e. The molecule has 0 saturated heterocycles. The summed E-state index contributed by atoms with van der Waals surface area (Å²) in [5.41, 5.74) is 3.09. The predicted molar refractivity (Wildman–Crippen MR) is 78.6 cm³/mol. The summed E-state index contributed by atoms with van der Waals surface area (Å²) in [7, 11) is 0. The van der Waals surface area contributed by atoms with Gasteiger partial charge in [0.15, 0.2) is 0 Å². The van der Waals surface area contributed by atoms with Gasteiger partial charge in [-0.3, -0.25) is 4.79 Å². The number of nitrogens with one attached hydrogen (secondary N) is 2. The summed E-state index contributed by atoms with van der Waals surface area (Å²) >= 11 is 0. The van der Waals surface area contributed by atoms with E-state index in [4.69, 9.17) is 0 Å². The number of halogens is 1. The highest BCUT2D eigenvalue weighted by Gasteiger charge is 2.07. The Morgan fingerprint density at radius 3 is 2.50 bits per heavy atom. The molecule has 0 aliphatic rings. The first kappa shape index (κ1) is 16.9. The molecule has 1 amide bonds. The Balaban J connectivity index is 0.00000289. The number of benzene rings is 1. The highest BCUT2D eigenvalue weighted by Crippen LogP contribution is 2.09. The number of hydrogen-bond acceptors (Lipinski definition) is 2. The number of carbonyl (C=O) groups is 1. The van der Waals surface area contributed by atoms with E-state index in [-0.39, 0.29) is 18.3 Å². The zero-order chi connectivity index (χ0) is 12.8. The lowest BCUT2D eigenvalue weighted by molar-refractivity contribution is 0.0950. The number of aryl methyl sites for hydroxylation is 2.